The van der Waals surface area contributed by atoms with Crippen molar-refractivity contribution in [3.63, 3.8) is 0 Å². The Kier molecular flexibility index (Phi) is 4.49. The molecule has 0 aliphatic rings. The summed E-state index contributed by atoms with van der Waals surface area (Å²) in [6, 6.07) is 9.80. The molecule has 5 heteroatoms. The van der Waals surface area contributed by atoms with Crippen LogP contribution in [0.4, 0.5) is 11.5 Å². The molecule has 5 nitrogen and oxygen atoms in total. The molecule has 1 aromatic carbocycles. The van der Waals surface area contributed by atoms with E-state index in [1.165, 1.54) is 0 Å². The van der Waals surface area contributed by atoms with Crippen LogP contribution in [0, 0.1) is 18.3 Å². The quantitative estimate of drug-likeness (QED) is 0.915. The first-order valence-electron chi connectivity index (χ1n) is 7.09. The number of nitrogens with two attached hydrogens (primary N) is 1. The molecule has 0 aliphatic carbocycles. The normalized spacial score (nSPS) is 10.4. The van der Waals surface area contributed by atoms with Crippen LogP contribution in [-0.4, -0.2) is 16.8 Å². The van der Waals surface area contributed by atoms with Crippen LogP contribution in [0.1, 0.15) is 30.2 Å². The van der Waals surface area contributed by atoms with E-state index in [0.29, 0.717) is 12.1 Å². The monoisotopic (exact) mass is 283 g/mol. The van der Waals surface area contributed by atoms with E-state index in [0.717, 1.165) is 35.7 Å². The van der Waals surface area contributed by atoms with Gasteiger partial charge in [0.1, 0.15) is 0 Å². The van der Waals surface area contributed by atoms with Crippen LogP contribution in [0.5, 0.6) is 0 Å². The summed E-state index contributed by atoms with van der Waals surface area (Å²) >= 11 is 0. The molecule has 1 aromatic heterocycles. The van der Waals surface area contributed by atoms with Crippen molar-refractivity contribution in [2.24, 2.45) is 0 Å². The minimum absolute atomic E-state index is 0.673. The van der Waals surface area contributed by atoms with E-state index in [1.54, 1.807) is 0 Å². The van der Waals surface area contributed by atoms with Gasteiger partial charge in [-0.15, -0.1) is 0 Å². The van der Waals surface area contributed by atoms with Gasteiger partial charge < -0.3 is 10.6 Å². The molecule has 2 N–H and O–H groups in total. The van der Waals surface area contributed by atoms with Gasteiger partial charge in [0, 0.05) is 20.1 Å². The summed E-state index contributed by atoms with van der Waals surface area (Å²) in [6.45, 7) is 5.58. The van der Waals surface area contributed by atoms with Gasteiger partial charge in [-0.3, -0.25) is 0 Å². The Hall–Kier alpha value is -2.48. The number of aryl methyl sites for hydroxylation is 2. The Balaban J connectivity index is 2.27. The molecule has 2 aromatic rings. The highest BCUT2D eigenvalue weighted by atomic mass is 15.4. The fraction of sp³-hybridized carbons (Fsp3) is 0.375. The van der Waals surface area contributed by atoms with Crippen molar-refractivity contribution in [2.75, 3.05) is 17.7 Å². The van der Waals surface area contributed by atoms with Gasteiger partial charge in [0.15, 0.2) is 5.82 Å². The highest BCUT2D eigenvalue weighted by molar-refractivity contribution is 5.66. The topological polar surface area (TPSA) is 70.9 Å². The predicted molar refractivity (Wildman–Crippen MR) is 84.9 cm³/mol. The second kappa shape index (κ2) is 6.31. The molecule has 0 unspecified atom stereocenters. The maximum absolute atomic E-state index is 8.98. The van der Waals surface area contributed by atoms with Gasteiger partial charge in [-0.25, -0.2) is 4.68 Å². The molecule has 0 radical (unpaired) electrons. The number of hydrogen-bond acceptors (Lipinski definition) is 4. The van der Waals surface area contributed by atoms with Crippen molar-refractivity contribution >= 4 is 11.5 Å². The Morgan fingerprint density at radius 1 is 1.43 bits per heavy atom. The predicted octanol–water partition coefficient (Wildman–Crippen LogP) is 2.69. The molecule has 21 heavy (non-hydrogen) atoms. The minimum atomic E-state index is 0.673. The summed E-state index contributed by atoms with van der Waals surface area (Å²) < 4.78 is 1.96. The lowest BCUT2D eigenvalue weighted by atomic mass is 10.1. The lowest BCUT2D eigenvalue weighted by Crippen LogP contribution is -2.21. The average molecular weight is 283 g/mol. The summed E-state index contributed by atoms with van der Waals surface area (Å²) in [6.07, 6.45) is 1.01. The zero-order valence-electron chi connectivity index (χ0n) is 12.8. The van der Waals surface area contributed by atoms with E-state index in [9.17, 15) is 0 Å². The number of benzene rings is 1. The minimum Gasteiger partial charge on any atom is -0.394 e. The van der Waals surface area contributed by atoms with Gasteiger partial charge in [-0.1, -0.05) is 19.1 Å². The van der Waals surface area contributed by atoms with Crippen molar-refractivity contribution in [1.82, 2.24) is 9.78 Å². The van der Waals surface area contributed by atoms with Crippen molar-refractivity contribution in [1.29, 1.82) is 5.26 Å². The van der Waals surface area contributed by atoms with Crippen LogP contribution in [0.2, 0.25) is 0 Å². The summed E-state index contributed by atoms with van der Waals surface area (Å²) in [7, 11) is 2.00. The molecule has 0 atom stereocenters. The average Bonchev–Trinajstić information content (AvgIpc) is 2.74. The lowest BCUT2D eigenvalue weighted by molar-refractivity contribution is 0.591. The summed E-state index contributed by atoms with van der Waals surface area (Å²) in [5.41, 5.74) is 9.50. The zero-order chi connectivity index (χ0) is 15.4. The van der Waals surface area contributed by atoms with Crippen molar-refractivity contribution in [3.05, 3.63) is 41.1 Å². The summed E-state index contributed by atoms with van der Waals surface area (Å²) in [4.78, 5) is 2.08. The largest absolute Gasteiger partial charge is 0.394 e. The third-order valence-electron chi connectivity index (χ3n) is 3.42. The maximum Gasteiger partial charge on any atom is 0.150 e. The first-order chi connectivity index (χ1) is 10.1. The fourth-order valence-corrected chi connectivity index (χ4v) is 2.44. The van der Waals surface area contributed by atoms with Gasteiger partial charge in [-0.2, -0.15) is 10.4 Å². The van der Waals surface area contributed by atoms with E-state index in [4.69, 9.17) is 11.0 Å². The van der Waals surface area contributed by atoms with Gasteiger partial charge in [0.05, 0.1) is 23.0 Å². The SMILES string of the molecule is CCCn1nc(C)c(N)c1N(C)Cc1cccc(C#N)c1. The molecule has 1 heterocycles. The second-order valence-corrected chi connectivity index (χ2v) is 5.21. The third-order valence-corrected chi connectivity index (χ3v) is 3.42. The number of anilines is 2. The molecule has 0 aliphatic heterocycles. The summed E-state index contributed by atoms with van der Waals surface area (Å²) in [5, 5.41) is 13.5. The molecular formula is C16H21N5. The number of rotatable bonds is 5. The van der Waals surface area contributed by atoms with Crippen LogP contribution in [-0.2, 0) is 13.1 Å². The number of nitrogen functional groups attached to an aromatic ring is 1. The highest BCUT2D eigenvalue weighted by Crippen LogP contribution is 2.27. The molecule has 0 saturated carbocycles. The van der Waals surface area contributed by atoms with E-state index in [2.05, 4.69) is 23.0 Å². The van der Waals surface area contributed by atoms with Crippen LogP contribution in [0.25, 0.3) is 0 Å². The van der Waals surface area contributed by atoms with E-state index in [1.807, 2.05) is 42.9 Å². The van der Waals surface area contributed by atoms with E-state index in [-0.39, 0.29) is 0 Å². The summed E-state index contributed by atoms with van der Waals surface area (Å²) in [5.74, 6) is 0.941. The van der Waals surface area contributed by atoms with Crippen LogP contribution >= 0.6 is 0 Å². The number of aromatic nitrogens is 2. The fourth-order valence-electron chi connectivity index (χ4n) is 2.44. The van der Waals surface area contributed by atoms with Crippen molar-refractivity contribution in [2.45, 2.75) is 33.4 Å². The Labute approximate surface area is 125 Å². The lowest BCUT2D eigenvalue weighted by Gasteiger charge is -2.21. The number of nitriles is 1. The smallest absolute Gasteiger partial charge is 0.150 e. The van der Waals surface area contributed by atoms with Gasteiger partial charge in [0.2, 0.25) is 0 Å². The van der Waals surface area contributed by atoms with Gasteiger partial charge in [0.25, 0.3) is 0 Å². The first-order valence-corrected chi connectivity index (χ1v) is 7.09. The molecule has 110 valence electrons. The van der Waals surface area contributed by atoms with Crippen molar-refractivity contribution in [3.8, 4) is 6.07 Å². The maximum atomic E-state index is 8.98. The first kappa shape index (κ1) is 14.9. The van der Waals surface area contributed by atoms with Gasteiger partial charge in [-0.05, 0) is 31.0 Å². The van der Waals surface area contributed by atoms with E-state index < -0.39 is 0 Å². The molecular weight excluding hydrogens is 262 g/mol. The third kappa shape index (κ3) is 3.16. The molecule has 0 bridgehead atoms. The van der Waals surface area contributed by atoms with Gasteiger partial charge >= 0.3 is 0 Å². The Bertz CT molecular complexity index is 666. The van der Waals surface area contributed by atoms with Crippen LogP contribution in [0.15, 0.2) is 24.3 Å². The standard InChI is InChI=1S/C16H21N5/c1-4-8-21-16(15(18)12(2)19-21)20(3)11-14-7-5-6-13(9-14)10-17/h5-7,9H,4,8,11,18H2,1-3H3. The zero-order valence-corrected chi connectivity index (χ0v) is 12.8. The number of hydrogen-bond donors (Lipinski definition) is 1. The number of nitrogens with zero attached hydrogens (tertiary/aromatic N) is 4. The van der Waals surface area contributed by atoms with Crippen LogP contribution in [0.3, 0.4) is 0 Å². The van der Waals surface area contributed by atoms with Crippen LogP contribution < -0.4 is 10.6 Å². The van der Waals surface area contributed by atoms with Crippen molar-refractivity contribution < 1.29 is 0 Å². The highest BCUT2D eigenvalue weighted by Gasteiger charge is 2.16. The molecule has 0 amide bonds. The van der Waals surface area contributed by atoms with E-state index >= 15 is 0 Å². The molecule has 0 fully saturated rings. The molecule has 2 rings (SSSR count). The molecule has 0 saturated heterocycles. The Morgan fingerprint density at radius 3 is 2.86 bits per heavy atom. The Morgan fingerprint density at radius 2 is 2.19 bits per heavy atom. The second-order valence-electron chi connectivity index (χ2n) is 5.21. The molecule has 0 spiro atoms.